The van der Waals surface area contributed by atoms with Crippen molar-refractivity contribution in [2.24, 2.45) is 0 Å². The van der Waals surface area contributed by atoms with Gasteiger partial charge in [0.25, 0.3) is 0 Å². The molecule has 0 amide bonds. The molecule has 35 heavy (non-hydrogen) atoms. The first-order chi connectivity index (χ1) is 17.0. The first-order valence-corrected chi connectivity index (χ1v) is 13.2. The van der Waals surface area contributed by atoms with E-state index in [2.05, 4.69) is 123 Å². The fourth-order valence-electron chi connectivity index (χ4n) is 4.68. The van der Waals surface area contributed by atoms with Crippen LogP contribution in [-0.4, -0.2) is 32.8 Å². The van der Waals surface area contributed by atoms with E-state index < -0.39 is 0 Å². The van der Waals surface area contributed by atoms with Crippen LogP contribution in [0.15, 0.2) is 72.8 Å². The molecule has 0 aromatic heterocycles. The highest BCUT2D eigenvalue weighted by Gasteiger charge is 2.13. The van der Waals surface area contributed by atoms with Crippen LogP contribution in [0.4, 0.5) is 11.4 Å². The van der Waals surface area contributed by atoms with Crippen molar-refractivity contribution in [1.82, 2.24) is 0 Å². The standard InChI is InChI=1S/C32H42N2O/c1-7-33(8-2)29-18-14-27(15-19-29)31(28-16-20-30(21-17-28)34(9-3)10-4)22-12-26-13-23-32(35-11-5)25(6)24-26/h12-24,31H,7-11H2,1-6H3. The Morgan fingerprint density at radius 3 is 1.57 bits per heavy atom. The van der Waals surface area contributed by atoms with Gasteiger partial charge in [-0.05, 0) is 100 Å². The van der Waals surface area contributed by atoms with Crippen molar-refractivity contribution < 1.29 is 4.74 Å². The molecule has 0 aliphatic carbocycles. The molecule has 0 saturated heterocycles. The molecule has 0 bridgehead atoms. The van der Waals surface area contributed by atoms with Crippen LogP contribution in [0, 0.1) is 6.92 Å². The summed E-state index contributed by atoms with van der Waals surface area (Å²) in [7, 11) is 0. The number of hydrogen-bond donors (Lipinski definition) is 0. The lowest BCUT2D eigenvalue weighted by molar-refractivity contribution is 0.338. The van der Waals surface area contributed by atoms with E-state index in [1.165, 1.54) is 28.1 Å². The highest BCUT2D eigenvalue weighted by Crippen LogP contribution is 2.31. The lowest BCUT2D eigenvalue weighted by Gasteiger charge is -2.23. The molecule has 0 spiro atoms. The number of rotatable bonds is 12. The van der Waals surface area contributed by atoms with E-state index in [0.29, 0.717) is 6.61 Å². The van der Waals surface area contributed by atoms with E-state index in [9.17, 15) is 0 Å². The van der Waals surface area contributed by atoms with Crippen LogP contribution in [0.2, 0.25) is 0 Å². The van der Waals surface area contributed by atoms with Crippen molar-refractivity contribution in [3.63, 3.8) is 0 Å². The largest absolute Gasteiger partial charge is 0.494 e. The Kier molecular flexibility index (Phi) is 9.84. The van der Waals surface area contributed by atoms with Gasteiger partial charge in [-0.3, -0.25) is 0 Å². The maximum absolute atomic E-state index is 5.72. The predicted octanol–water partition coefficient (Wildman–Crippen LogP) is 7.93. The van der Waals surface area contributed by atoms with Crippen molar-refractivity contribution in [2.75, 3.05) is 42.6 Å². The molecule has 0 aliphatic rings. The van der Waals surface area contributed by atoms with Gasteiger partial charge in [-0.15, -0.1) is 0 Å². The minimum atomic E-state index is 0.179. The third kappa shape index (κ3) is 6.69. The van der Waals surface area contributed by atoms with Crippen LogP contribution < -0.4 is 14.5 Å². The summed E-state index contributed by atoms with van der Waals surface area (Å²) in [6.45, 7) is 17.7. The molecule has 0 unspecified atom stereocenters. The number of ether oxygens (including phenoxy) is 1. The minimum absolute atomic E-state index is 0.179. The molecule has 3 aromatic rings. The van der Waals surface area contributed by atoms with E-state index in [4.69, 9.17) is 4.74 Å². The second-order valence-electron chi connectivity index (χ2n) is 8.82. The van der Waals surface area contributed by atoms with Gasteiger partial charge in [0.2, 0.25) is 0 Å². The lowest BCUT2D eigenvalue weighted by Crippen LogP contribution is -2.21. The van der Waals surface area contributed by atoms with Gasteiger partial charge in [-0.1, -0.05) is 42.5 Å². The Balaban J connectivity index is 1.95. The molecule has 3 aromatic carbocycles. The number of hydrogen-bond acceptors (Lipinski definition) is 3. The zero-order valence-corrected chi connectivity index (χ0v) is 22.4. The molecule has 0 fully saturated rings. The fraction of sp³-hybridized carbons (Fsp3) is 0.375. The van der Waals surface area contributed by atoms with E-state index >= 15 is 0 Å². The molecule has 0 N–H and O–H groups in total. The van der Waals surface area contributed by atoms with Crippen LogP contribution in [0.25, 0.3) is 6.08 Å². The van der Waals surface area contributed by atoms with Crippen molar-refractivity contribution >= 4 is 17.5 Å². The van der Waals surface area contributed by atoms with Gasteiger partial charge in [0, 0.05) is 43.5 Å². The Bertz CT molecular complexity index is 1010. The number of allylic oxidation sites excluding steroid dienone is 1. The molecule has 3 heteroatoms. The first-order valence-electron chi connectivity index (χ1n) is 13.2. The number of aryl methyl sites for hydroxylation is 1. The summed E-state index contributed by atoms with van der Waals surface area (Å²) in [5, 5.41) is 0. The first kappa shape index (κ1) is 26.4. The lowest BCUT2D eigenvalue weighted by atomic mass is 9.90. The SMILES string of the molecule is CCOc1ccc(C=CC(c2ccc(N(CC)CC)cc2)c2ccc(N(CC)CC)cc2)cc1C. The van der Waals surface area contributed by atoms with Crippen LogP contribution >= 0.6 is 0 Å². The van der Waals surface area contributed by atoms with Gasteiger partial charge in [0.05, 0.1) is 6.61 Å². The van der Waals surface area contributed by atoms with Gasteiger partial charge in [0.1, 0.15) is 5.75 Å². The molecule has 186 valence electrons. The molecule has 3 nitrogen and oxygen atoms in total. The summed E-state index contributed by atoms with van der Waals surface area (Å²) < 4.78 is 5.72. The van der Waals surface area contributed by atoms with E-state index in [0.717, 1.165) is 37.5 Å². The van der Waals surface area contributed by atoms with Crippen molar-refractivity contribution in [3.05, 3.63) is 95.1 Å². The molecule has 0 aliphatic heterocycles. The van der Waals surface area contributed by atoms with Crippen molar-refractivity contribution in [3.8, 4) is 5.75 Å². The van der Waals surface area contributed by atoms with E-state index in [1.54, 1.807) is 0 Å². The van der Waals surface area contributed by atoms with Crippen molar-refractivity contribution in [1.29, 1.82) is 0 Å². The van der Waals surface area contributed by atoms with Gasteiger partial charge < -0.3 is 14.5 Å². The van der Waals surface area contributed by atoms with E-state index in [1.807, 2.05) is 6.92 Å². The van der Waals surface area contributed by atoms with Gasteiger partial charge >= 0.3 is 0 Å². The molecule has 0 heterocycles. The van der Waals surface area contributed by atoms with Crippen molar-refractivity contribution in [2.45, 2.75) is 47.5 Å². The van der Waals surface area contributed by atoms with Crippen LogP contribution in [0.3, 0.4) is 0 Å². The Hall–Kier alpha value is -3.20. The highest BCUT2D eigenvalue weighted by atomic mass is 16.5. The number of benzene rings is 3. The summed E-state index contributed by atoms with van der Waals surface area (Å²) in [6.07, 6.45) is 4.57. The normalized spacial score (nSPS) is 11.3. The molecule has 0 radical (unpaired) electrons. The molecule has 0 saturated carbocycles. The number of anilines is 2. The Morgan fingerprint density at radius 2 is 1.17 bits per heavy atom. The maximum Gasteiger partial charge on any atom is 0.122 e. The van der Waals surface area contributed by atoms with Crippen LogP contribution in [0.1, 0.15) is 62.8 Å². The quantitative estimate of drug-likeness (QED) is 0.267. The second kappa shape index (κ2) is 13.0. The zero-order valence-electron chi connectivity index (χ0n) is 22.4. The molecular weight excluding hydrogens is 428 g/mol. The topological polar surface area (TPSA) is 15.7 Å². The predicted molar refractivity (Wildman–Crippen MR) is 153 cm³/mol. The summed E-state index contributed by atoms with van der Waals surface area (Å²) >= 11 is 0. The van der Waals surface area contributed by atoms with Crippen LogP contribution in [-0.2, 0) is 0 Å². The maximum atomic E-state index is 5.72. The Labute approximate surface area is 213 Å². The number of nitrogens with zero attached hydrogens (tertiary/aromatic N) is 2. The third-order valence-corrected chi connectivity index (χ3v) is 6.74. The van der Waals surface area contributed by atoms with Crippen LogP contribution in [0.5, 0.6) is 5.75 Å². The summed E-state index contributed by atoms with van der Waals surface area (Å²) in [6, 6.07) is 24.6. The average Bonchev–Trinajstić information content (AvgIpc) is 2.89. The summed E-state index contributed by atoms with van der Waals surface area (Å²) in [5.74, 6) is 1.14. The average molecular weight is 471 g/mol. The third-order valence-electron chi connectivity index (χ3n) is 6.74. The highest BCUT2D eigenvalue weighted by molar-refractivity contribution is 5.58. The van der Waals surface area contributed by atoms with Gasteiger partial charge in [-0.2, -0.15) is 0 Å². The van der Waals surface area contributed by atoms with E-state index in [-0.39, 0.29) is 5.92 Å². The Morgan fingerprint density at radius 1 is 0.686 bits per heavy atom. The fourth-order valence-corrected chi connectivity index (χ4v) is 4.68. The summed E-state index contributed by atoms with van der Waals surface area (Å²) in [5.41, 5.74) is 7.51. The molecule has 0 atom stereocenters. The monoisotopic (exact) mass is 470 g/mol. The minimum Gasteiger partial charge on any atom is -0.494 e. The van der Waals surface area contributed by atoms with Gasteiger partial charge in [-0.25, -0.2) is 0 Å². The molecule has 3 rings (SSSR count). The molecular formula is C32H42N2O. The van der Waals surface area contributed by atoms with Gasteiger partial charge in [0.15, 0.2) is 0 Å². The second-order valence-corrected chi connectivity index (χ2v) is 8.82. The smallest absolute Gasteiger partial charge is 0.122 e. The zero-order chi connectivity index (χ0) is 25.2. The summed E-state index contributed by atoms with van der Waals surface area (Å²) in [4.78, 5) is 4.77.